The highest BCUT2D eigenvalue weighted by Crippen LogP contribution is 2.24. The van der Waals surface area contributed by atoms with E-state index in [1.807, 2.05) is 19.1 Å². The molecule has 0 radical (unpaired) electrons. The number of carbonyl (C=O) groups is 1. The van der Waals surface area contributed by atoms with Gasteiger partial charge in [0, 0.05) is 0 Å². The van der Waals surface area contributed by atoms with Gasteiger partial charge in [0.05, 0.1) is 10.7 Å². The molecule has 0 bridgehead atoms. The number of benzene rings is 1. The van der Waals surface area contributed by atoms with E-state index in [0.717, 1.165) is 5.56 Å². The minimum atomic E-state index is -0.129. The molecule has 0 aromatic heterocycles. The number of anilines is 1. The van der Waals surface area contributed by atoms with Crippen LogP contribution in [0.15, 0.2) is 18.2 Å². The number of nitrogens with one attached hydrogen (secondary N) is 1. The molecule has 1 rings (SSSR count). The molecule has 0 spiro atoms. The molecule has 0 aliphatic heterocycles. The van der Waals surface area contributed by atoms with Gasteiger partial charge in [-0.3, -0.25) is 4.79 Å². The van der Waals surface area contributed by atoms with Crippen molar-refractivity contribution in [2.45, 2.75) is 6.92 Å². The van der Waals surface area contributed by atoms with Gasteiger partial charge in [-0.2, -0.15) is 0 Å². The van der Waals surface area contributed by atoms with Crippen LogP contribution in [0.2, 0.25) is 5.02 Å². The van der Waals surface area contributed by atoms with Crippen LogP contribution in [0.5, 0.6) is 0 Å². The first-order valence-electron chi connectivity index (χ1n) is 3.99. The first-order valence-corrected chi connectivity index (χ1v) is 4.37. The van der Waals surface area contributed by atoms with E-state index in [-0.39, 0.29) is 24.9 Å². The molecule has 0 heterocycles. The SMILES string of the molecule is Cc1cccc(Cl)c1NC(=O)C[NH3+].[Cl-]. The van der Waals surface area contributed by atoms with E-state index >= 15 is 0 Å². The maximum absolute atomic E-state index is 11.1. The number of hydrogen-bond donors (Lipinski definition) is 2. The summed E-state index contributed by atoms with van der Waals surface area (Å²) in [5.74, 6) is -0.129. The number of hydrogen-bond acceptors (Lipinski definition) is 1. The zero-order chi connectivity index (χ0) is 9.84. The number of aryl methyl sites for hydroxylation is 1. The summed E-state index contributed by atoms with van der Waals surface area (Å²) in [6, 6.07) is 5.48. The van der Waals surface area contributed by atoms with Gasteiger partial charge in [-0.05, 0) is 18.6 Å². The number of amides is 1. The third-order valence-electron chi connectivity index (χ3n) is 1.71. The van der Waals surface area contributed by atoms with Crippen molar-refractivity contribution in [2.24, 2.45) is 0 Å². The van der Waals surface area contributed by atoms with Gasteiger partial charge < -0.3 is 23.5 Å². The molecular formula is C9H12Cl2N2O. The molecule has 1 aromatic rings. The summed E-state index contributed by atoms with van der Waals surface area (Å²) in [4.78, 5) is 11.1. The van der Waals surface area contributed by atoms with Crippen LogP contribution >= 0.6 is 11.6 Å². The zero-order valence-corrected chi connectivity index (χ0v) is 9.32. The summed E-state index contributed by atoms with van der Waals surface area (Å²) in [5.41, 5.74) is 5.12. The van der Waals surface area contributed by atoms with Crippen molar-refractivity contribution in [3.63, 3.8) is 0 Å². The number of para-hydroxylation sites is 1. The average molecular weight is 235 g/mol. The molecule has 4 N–H and O–H groups in total. The molecule has 5 heteroatoms. The van der Waals surface area contributed by atoms with Crippen molar-refractivity contribution in [2.75, 3.05) is 11.9 Å². The summed E-state index contributed by atoms with van der Waals surface area (Å²) >= 11 is 5.90. The van der Waals surface area contributed by atoms with E-state index in [4.69, 9.17) is 11.6 Å². The number of carbonyl (C=O) groups excluding carboxylic acids is 1. The molecule has 78 valence electrons. The van der Waals surface area contributed by atoms with Crippen LogP contribution in [0.4, 0.5) is 5.69 Å². The number of rotatable bonds is 2. The van der Waals surface area contributed by atoms with Crippen molar-refractivity contribution in [1.82, 2.24) is 0 Å². The molecule has 1 amide bonds. The van der Waals surface area contributed by atoms with Crippen molar-refractivity contribution in [3.8, 4) is 0 Å². The van der Waals surface area contributed by atoms with E-state index in [1.54, 1.807) is 6.07 Å². The second-order valence-electron chi connectivity index (χ2n) is 2.73. The third-order valence-corrected chi connectivity index (χ3v) is 2.03. The standard InChI is InChI=1S/C9H11ClN2O.ClH/c1-6-3-2-4-7(10)9(6)12-8(13)5-11;/h2-4H,5,11H2,1H3,(H,12,13);1H. The number of halogens is 2. The quantitative estimate of drug-likeness (QED) is 0.602. The normalized spacial score (nSPS) is 9.07. The second kappa shape index (κ2) is 5.86. The van der Waals surface area contributed by atoms with Gasteiger partial charge in [0.1, 0.15) is 0 Å². The van der Waals surface area contributed by atoms with Crippen LogP contribution < -0.4 is 23.5 Å². The lowest BCUT2D eigenvalue weighted by atomic mass is 10.2. The smallest absolute Gasteiger partial charge is 0.279 e. The number of quaternary nitrogens is 1. The zero-order valence-electron chi connectivity index (χ0n) is 7.81. The fourth-order valence-electron chi connectivity index (χ4n) is 0.992. The van der Waals surface area contributed by atoms with Crippen molar-refractivity contribution in [3.05, 3.63) is 28.8 Å². The molecule has 0 fully saturated rings. The molecule has 0 unspecified atom stereocenters. The first kappa shape index (κ1) is 13.2. The predicted molar refractivity (Wildman–Crippen MR) is 52.6 cm³/mol. The summed E-state index contributed by atoms with van der Waals surface area (Å²) < 4.78 is 0. The Labute approximate surface area is 94.0 Å². The maximum Gasteiger partial charge on any atom is 0.279 e. The van der Waals surface area contributed by atoms with E-state index in [9.17, 15) is 4.79 Å². The van der Waals surface area contributed by atoms with Gasteiger partial charge in [0.2, 0.25) is 0 Å². The summed E-state index contributed by atoms with van der Waals surface area (Å²) in [6.45, 7) is 2.11. The highest BCUT2D eigenvalue weighted by Gasteiger charge is 2.06. The van der Waals surface area contributed by atoms with Crippen LogP contribution in [0.1, 0.15) is 5.56 Å². The fraction of sp³-hybridized carbons (Fsp3) is 0.222. The fourth-order valence-corrected chi connectivity index (χ4v) is 1.26. The highest BCUT2D eigenvalue weighted by molar-refractivity contribution is 6.33. The summed E-state index contributed by atoms with van der Waals surface area (Å²) in [5, 5.41) is 3.25. The minimum absolute atomic E-state index is 0. The molecule has 0 saturated carbocycles. The lowest BCUT2D eigenvalue weighted by Crippen LogP contribution is -3.00. The highest BCUT2D eigenvalue weighted by atomic mass is 35.5. The van der Waals surface area contributed by atoms with E-state index in [0.29, 0.717) is 10.7 Å². The van der Waals surface area contributed by atoms with E-state index < -0.39 is 0 Å². The Morgan fingerprint density at radius 2 is 2.21 bits per heavy atom. The van der Waals surface area contributed by atoms with Gasteiger partial charge in [-0.25, -0.2) is 0 Å². The Kier molecular flexibility index (Phi) is 5.53. The van der Waals surface area contributed by atoms with Crippen molar-refractivity contribution in [1.29, 1.82) is 0 Å². The molecule has 14 heavy (non-hydrogen) atoms. The lowest BCUT2D eigenvalue weighted by Gasteiger charge is -2.07. The van der Waals surface area contributed by atoms with Gasteiger partial charge in [0.15, 0.2) is 6.54 Å². The molecule has 1 aromatic carbocycles. The van der Waals surface area contributed by atoms with Gasteiger partial charge in [-0.15, -0.1) is 0 Å². The van der Waals surface area contributed by atoms with Gasteiger partial charge >= 0.3 is 0 Å². The second-order valence-corrected chi connectivity index (χ2v) is 3.14. The van der Waals surface area contributed by atoms with E-state index in [2.05, 4.69) is 11.1 Å². The molecule has 0 aliphatic carbocycles. The maximum atomic E-state index is 11.1. The predicted octanol–water partition coefficient (Wildman–Crippen LogP) is -2.17. The van der Waals surface area contributed by atoms with Crippen molar-refractivity contribution >= 4 is 23.2 Å². The largest absolute Gasteiger partial charge is 1.00 e. The Morgan fingerprint density at radius 3 is 2.71 bits per heavy atom. The first-order chi connectivity index (χ1) is 6.15. The van der Waals surface area contributed by atoms with Crippen LogP contribution in [-0.4, -0.2) is 12.5 Å². The van der Waals surface area contributed by atoms with Gasteiger partial charge in [-0.1, -0.05) is 23.7 Å². The van der Waals surface area contributed by atoms with Crippen LogP contribution in [0.25, 0.3) is 0 Å². The molecular weight excluding hydrogens is 223 g/mol. The molecule has 0 aliphatic rings. The molecule has 3 nitrogen and oxygen atoms in total. The van der Waals surface area contributed by atoms with Crippen LogP contribution in [0.3, 0.4) is 0 Å². The Balaban J connectivity index is 0.00000169. The Hall–Kier alpha value is -0.770. The van der Waals surface area contributed by atoms with Gasteiger partial charge in [0.25, 0.3) is 5.91 Å². The van der Waals surface area contributed by atoms with Crippen LogP contribution in [0, 0.1) is 6.92 Å². The average Bonchev–Trinajstić information content (AvgIpc) is 2.11. The third kappa shape index (κ3) is 3.18. The molecule has 0 saturated heterocycles. The summed E-state index contributed by atoms with van der Waals surface area (Å²) in [7, 11) is 0. The Morgan fingerprint density at radius 1 is 1.57 bits per heavy atom. The Bertz CT molecular complexity index is 308. The van der Waals surface area contributed by atoms with E-state index in [1.165, 1.54) is 0 Å². The monoisotopic (exact) mass is 234 g/mol. The lowest BCUT2D eigenvalue weighted by molar-refractivity contribution is -0.353. The topological polar surface area (TPSA) is 56.7 Å². The van der Waals surface area contributed by atoms with Crippen LogP contribution in [-0.2, 0) is 4.79 Å². The minimum Gasteiger partial charge on any atom is -1.00 e. The van der Waals surface area contributed by atoms with Crippen molar-refractivity contribution < 1.29 is 22.9 Å². The molecule has 0 atom stereocenters. The summed E-state index contributed by atoms with van der Waals surface area (Å²) in [6.07, 6.45) is 0.